The van der Waals surface area contributed by atoms with Crippen LogP contribution in [0.5, 0.6) is 5.88 Å². The van der Waals surface area contributed by atoms with Gasteiger partial charge in [-0.3, -0.25) is 9.59 Å². The van der Waals surface area contributed by atoms with Gasteiger partial charge in [0.05, 0.1) is 41.7 Å². The number of halogens is 2. The van der Waals surface area contributed by atoms with Gasteiger partial charge < -0.3 is 24.5 Å². The van der Waals surface area contributed by atoms with E-state index in [0.29, 0.717) is 46.4 Å². The number of esters is 1. The molecule has 4 rings (SSSR count). The number of nitrogens with zero attached hydrogens (tertiary/aromatic N) is 3. The SMILES string of the molecule is CCOC(=O)C1CCC(COc2ccc(NC(=O)c3nnc(Nc4ccc(Cl)cc4Cl)o3)cn2)CC1. The van der Waals surface area contributed by atoms with Crippen LogP contribution in [0.4, 0.5) is 17.4 Å². The maximum atomic E-state index is 12.5. The first-order chi connectivity index (χ1) is 17.4. The van der Waals surface area contributed by atoms with Crippen LogP contribution in [0.3, 0.4) is 0 Å². The molecule has 10 nitrogen and oxygen atoms in total. The van der Waals surface area contributed by atoms with Crippen molar-refractivity contribution < 1.29 is 23.5 Å². The minimum Gasteiger partial charge on any atom is -0.477 e. The summed E-state index contributed by atoms with van der Waals surface area (Å²) in [5, 5.41) is 13.9. The molecule has 0 radical (unpaired) electrons. The Hall–Kier alpha value is -3.37. The zero-order chi connectivity index (χ0) is 25.5. The first-order valence-corrected chi connectivity index (χ1v) is 12.3. The van der Waals surface area contributed by atoms with Crippen molar-refractivity contribution in [2.45, 2.75) is 32.6 Å². The van der Waals surface area contributed by atoms with Gasteiger partial charge in [-0.15, -0.1) is 5.10 Å². The fourth-order valence-corrected chi connectivity index (χ4v) is 4.28. The van der Waals surface area contributed by atoms with E-state index in [9.17, 15) is 9.59 Å². The van der Waals surface area contributed by atoms with Crippen molar-refractivity contribution >= 4 is 52.5 Å². The number of rotatable bonds is 9. The Morgan fingerprint density at radius 2 is 1.92 bits per heavy atom. The van der Waals surface area contributed by atoms with Crippen molar-refractivity contribution in [3.05, 3.63) is 52.5 Å². The molecule has 1 aliphatic carbocycles. The Kier molecular flexibility index (Phi) is 8.61. The fraction of sp³-hybridized carbons (Fsp3) is 0.375. The number of pyridine rings is 1. The summed E-state index contributed by atoms with van der Waals surface area (Å²) < 4.78 is 16.3. The van der Waals surface area contributed by atoms with E-state index < -0.39 is 5.91 Å². The minimum atomic E-state index is -0.591. The van der Waals surface area contributed by atoms with Crippen LogP contribution in [0.1, 0.15) is 43.3 Å². The topological polar surface area (TPSA) is 128 Å². The van der Waals surface area contributed by atoms with Crippen LogP contribution >= 0.6 is 23.2 Å². The summed E-state index contributed by atoms with van der Waals surface area (Å²) in [4.78, 5) is 28.6. The molecule has 1 aliphatic rings. The summed E-state index contributed by atoms with van der Waals surface area (Å²) in [6.07, 6.45) is 4.91. The molecule has 0 saturated heterocycles. The van der Waals surface area contributed by atoms with E-state index in [0.717, 1.165) is 25.7 Å². The summed E-state index contributed by atoms with van der Waals surface area (Å²) in [7, 11) is 0. The number of amides is 1. The lowest BCUT2D eigenvalue weighted by Gasteiger charge is -2.26. The highest BCUT2D eigenvalue weighted by molar-refractivity contribution is 6.36. The second kappa shape index (κ2) is 12.0. The van der Waals surface area contributed by atoms with Gasteiger partial charge >= 0.3 is 23.8 Å². The Morgan fingerprint density at radius 3 is 2.61 bits per heavy atom. The molecule has 2 N–H and O–H groups in total. The summed E-state index contributed by atoms with van der Waals surface area (Å²) in [6, 6.07) is 8.20. The van der Waals surface area contributed by atoms with E-state index >= 15 is 0 Å². The standard InChI is InChI=1S/C24H25Cl2N5O5/c1-2-34-23(33)15-5-3-14(4-6-15)13-35-20-10-8-17(12-27-20)28-21(32)22-30-31-24(36-22)29-19-9-7-16(25)11-18(19)26/h7-12,14-15H,2-6,13H2,1H3,(H,28,32)(H,29,31). The van der Waals surface area contributed by atoms with Crippen LogP contribution in [0.15, 0.2) is 40.9 Å². The van der Waals surface area contributed by atoms with Gasteiger partial charge in [0.1, 0.15) is 0 Å². The molecule has 3 aromatic rings. The molecule has 1 saturated carbocycles. The number of hydrogen-bond donors (Lipinski definition) is 2. The maximum absolute atomic E-state index is 12.5. The first-order valence-electron chi connectivity index (χ1n) is 11.5. The quantitative estimate of drug-likeness (QED) is 0.341. The maximum Gasteiger partial charge on any atom is 0.320 e. The van der Waals surface area contributed by atoms with Crippen molar-refractivity contribution in [2.24, 2.45) is 11.8 Å². The highest BCUT2D eigenvalue weighted by Crippen LogP contribution is 2.30. The molecule has 0 unspecified atom stereocenters. The number of hydrogen-bond acceptors (Lipinski definition) is 9. The predicted octanol–water partition coefficient (Wildman–Crippen LogP) is 5.52. The van der Waals surface area contributed by atoms with Gasteiger partial charge in [0, 0.05) is 11.1 Å². The van der Waals surface area contributed by atoms with Crippen LogP contribution in [-0.4, -0.2) is 40.3 Å². The Balaban J connectivity index is 1.23. The van der Waals surface area contributed by atoms with Gasteiger partial charge in [0.15, 0.2) is 0 Å². The average molecular weight is 534 g/mol. The second-order valence-corrected chi connectivity index (χ2v) is 9.13. The minimum absolute atomic E-state index is 0.00235. The van der Waals surface area contributed by atoms with Crippen molar-refractivity contribution in [1.82, 2.24) is 15.2 Å². The monoisotopic (exact) mass is 533 g/mol. The Labute approximate surface area is 217 Å². The molecule has 12 heteroatoms. The smallest absolute Gasteiger partial charge is 0.320 e. The summed E-state index contributed by atoms with van der Waals surface area (Å²) in [5.41, 5.74) is 0.944. The second-order valence-electron chi connectivity index (χ2n) is 8.28. The lowest BCUT2D eigenvalue weighted by molar-refractivity contribution is -0.149. The van der Waals surface area contributed by atoms with Gasteiger partial charge in [-0.05, 0) is 62.8 Å². The fourth-order valence-electron chi connectivity index (χ4n) is 3.82. The Morgan fingerprint density at radius 1 is 1.11 bits per heavy atom. The van der Waals surface area contributed by atoms with E-state index in [4.69, 9.17) is 37.1 Å². The van der Waals surface area contributed by atoms with Crippen molar-refractivity contribution in [3.63, 3.8) is 0 Å². The third-order valence-electron chi connectivity index (χ3n) is 5.72. The van der Waals surface area contributed by atoms with Gasteiger partial charge in [-0.1, -0.05) is 28.3 Å². The number of benzene rings is 1. The molecule has 1 fully saturated rings. The summed E-state index contributed by atoms with van der Waals surface area (Å²) in [5.74, 6) is -0.129. The molecule has 0 spiro atoms. The van der Waals surface area contributed by atoms with E-state index in [1.54, 1.807) is 30.3 Å². The number of aromatic nitrogens is 3. The van der Waals surface area contributed by atoms with Crippen LogP contribution in [-0.2, 0) is 9.53 Å². The van der Waals surface area contributed by atoms with Gasteiger partial charge in [-0.25, -0.2) is 4.98 Å². The summed E-state index contributed by atoms with van der Waals surface area (Å²) in [6.45, 7) is 2.75. The zero-order valence-corrected chi connectivity index (χ0v) is 21.0. The van der Waals surface area contributed by atoms with E-state index in [2.05, 4.69) is 25.8 Å². The third kappa shape index (κ3) is 6.86. The van der Waals surface area contributed by atoms with E-state index in [1.807, 2.05) is 6.92 Å². The summed E-state index contributed by atoms with van der Waals surface area (Å²) >= 11 is 12.0. The van der Waals surface area contributed by atoms with E-state index in [1.165, 1.54) is 6.20 Å². The molecule has 0 atom stereocenters. The average Bonchev–Trinajstić information content (AvgIpc) is 3.35. The van der Waals surface area contributed by atoms with Gasteiger partial charge in [0.25, 0.3) is 0 Å². The zero-order valence-electron chi connectivity index (χ0n) is 19.5. The predicted molar refractivity (Wildman–Crippen MR) is 134 cm³/mol. The first kappa shape index (κ1) is 25.7. The van der Waals surface area contributed by atoms with Crippen LogP contribution < -0.4 is 15.4 Å². The highest BCUT2D eigenvalue weighted by Gasteiger charge is 2.27. The molecular formula is C24H25Cl2N5O5. The molecule has 2 heterocycles. The molecule has 36 heavy (non-hydrogen) atoms. The molecule has 0 aliphatic heterocycles. The van der Waals surface area contributed by atoms with Crippen molar-refractivity contribution in [2.75, 3.05) is 23.8 Å². The van der Waals surface area contributed by atoms with Gasteiger partial charge in [-0.2, -0.15) is 0 Å². The molecule has 1 amide bonds. The van der Waals surface area contributed by atoms with Crippen molar-refractivity contribution in [3.8, 4) is 5.88 Å². The molecule has 190 valence electrons. The van der Waals surface area contributed by atoms with E-state index in [-0.39, 0.29) is 23.8 Å². The molecule has 2 aromatic heterocycles. The lowest BCUT2D eigenvalue weighted by atomic mass is 9.82. The van der Waals surface area contributed by atoms with Crippen LogP contribution in [0.25, 0.3) is 0 Å². The lowest BCUT2D eigenvalue weighted by Crippen LogP contribution is -2.26. The van der Waals surface area contributed by atoms with Gasteiger partial charge in [0.2, 0.25) is 5.88 Å². The Bertz CT molecular complexity index is 1200. The van der Waals surface area contributed by atoms with Crippen LogP contribution in [0.2, 0.25) is 10.0 Å². The van der Waals surface area contributed by atoms with Crippen molar-refractivity contribution in [1.29, 1.82) is 0 Å². The highest BCUT2D eigenvalue weighted by atomic mass is 35.5. The third-order valence-corrected chi connectivity index (χ3v) is 6.27. The number of carbonyl (C=O) groups excluding carboxylic acids is 2. The number of ether oxygens (including phenoxy) is 2. The largest absolute Gasteiger partial charge is 0.477 e. The molecule has 0 bridgehead atoms. The number of carbonyl (C=O) groups is 2. The number of nitrogens with one attached hydrogen (secondary N) is 2. The van der Waals surface area contributed by atoms with Crippen LogP contribution in [0, 0.1) is 11.8 Å². The number of anilines is 3. The normalized spacial score (nSPS) is 17.3. The molecule has 1 aromatic carbocycles. The molecular weight excluding hydrogens is 509 g/mol.